The van der Waals surface area contributed by atoms with Gasteiger partial charge in [-0.05, 0) is 97.6 Å². The summed E-state index contributed by atoms with van der Waals surface area (Å²) in [6, 6.07) is 22.5. The molecule has 2 aromatic heterocycles. The van der Waals surface area contributed by atoms with Crippen molar-refractivity contribution >= 4 is 90.9 Å². The number of urea groups is 1. The molecule has 2 aliphatic heterocycles. The van der Waals surface area contributed by atoms with E-state index in [1.807, 2.05) is 71.3 Å². The quantitative estimate of drug-likeness (QED) is 0.0376. The summed E-state index contributed by atoms with van der Waals surface area (Å²) in [5.74, 6) is 0.300. The van der Waals surface area contributed by atoms with Crippen molar-refractivity contribution < 1.29 is 42.9 Å². The molecule has 19 nitrogen and oxygen atoms in total. The van der Waals surface area contributed by atoms with Crippen molar-refractivity contribution in [1.82, 2.24) is 40.3 Å². The van der Waals surface area contributed by atoms with Crippen molar-refractivity contribution in [2.45, 2.75) is 76.4 Å². The molecule has 0 unspecified atom stereocenters. The number of ether oxygens (including phenoxy) is 3. The van der Waals surface area contributed by atoms with E-state index in [1.165, 1.54) is 11.0 Å². The van der Waals surface area contributed by atoms with Gasteiger partial charge in [-0.25, -0.2) is 19.2 Å². The molecule has 84 heavy (non-hydrogen) atoms. The van der Waals surface area contributed by atoms with Crippen molar-refractivity contribution in [3.63, 3.8) is 0 Å². The zero-order valence-electron chi connectivity index (χ0n) is 47.7. The first-order chi connectivity index (χ1) is 40.8. The number of phenols is 1. The second-order valence-electron chi connectivity index (χ2n) is 21.7. The lowest BCUT2D eigenvalue weighted by molar-refractivity contribution is -0.139. The summed E-state index contributed by atoms with van der Waals surface area (Å²) >= 11 is 8.45. The summed E-state index contributed by atoms with van der Waals surface area (Å²) < 4.78 is 34.9. The van der Waals surface area contributed by atoms with E-state index in [-0.39, 0.29) is 70.4 Å². The molecule has 3 aliphatic rings. The number of hydrogen-bond acceptors (Lipinski definition) is 15. The number of carbonyl (C=O) groups is 4. The topological polar surface area (TPSA) is 230 Å². The van der Waals surface area contributed by atoms with Crippen molar-refractivity contribution in [2.24, 2.45) is 11.7 Å². The van der Waals surface area contributed by atoms with Crippen LogP contribution < -0.4 is 31.3 Å². The number of phenolic OH excluding ortho intramolecular Hbond substituents is 1. The standard InChI is InChI=1S/C62H73ClFN11O8S/c1-38(66-2)58(78)69-55(39-12-5-4-6-13-39)60(79)75-23-11-18-50(75)59-68-49(37-84-59)44-19-20-51(45-17-10-9-16-43(44)45)83-33-32-82-31-30-81-29-28-72(3)52(77)21-22-67-62-70-56-47(57(71-62)73-24-26-74(27-25-73)61(65)80)36-48(63)53(54(56)64)46-35-41(76)34-40-14-7-8-15-42(40)46/h7-10,14-17,19-20,34-39,50,55,66,76H,4-6,11-13,18,21-33H2,1-3H3,(H2,65,80)(H,69,78)(H,67,70,71)/t38-,50-,55-/m0/s1. The van der Waals surface area contributed by atoms with Gasteiger partial charge in [0.25, 0.3) is 0 Å². The average molecular weight is 1190 g/mol. The predicted molar refractivity (Wildman–Crippen MR) is 326 cm³/mol. The number of aromatic nitrogens is 3. The van der Waals surface area contributed by atoms with Crippen LogP contribution in [0.25, 0.3) is 54.8 Å². The highest BCUT2D eigenvalue weighted by atomic mass is 35.5. The summed E-state index contributed by atoms with van der Waals surface area (Å²) in [5, 5.41) is 26.7. The lowest BCUT2D eigenvalue weighted by Crippen LogP contribution is -2.55. The summed E-state index contributed by atoms with van der Waals surface area (Å²) in [7, 11) is 3.45. The number of carbonyl (C=O) groups excluding carboxylic acids is 4. The van der Waals surface area contributed by atoms with Crippen LogP contribution in [0.5, 0.6) is 11.5 Å². The first kappa shape index (κ1) is 59.7. The van der Waals surface area contributed by atoms with Crippen molar-refractivity contribution in [1.29, 1.82) is 0 Å². The number of anilines is 2. The Morgan fingerprint density at radius 2 is 1.56 bits per heavy atom. The number of rotatable bonds is 23. The van der Waals surface area contributed by atoms with E-state index in [4.69, 9.17) is 41.5 Å². The molecule has 4 heterocycles. The Balaban J connectivity index is 0.687. The molecule has 10 rings (SSSR count). The van der Waals surface area contributed by atoms with E-state index >= 15 is 4.39 Å². The number of likely N-dealkylation sites (tertiary alicyclic amines) is 1. The fourth-order valence-corrected chi connectivity index (χ4v) is 12.9. The van der Waals surface area contributed by atoms with Crippen LogP contribution in [0, 0.1) is 11.7 Å². The lowest BCUT2D eigenvalue weighted by Gasteiger charge is -2.35. The Morgan fingerprint density at radius 1 is 0.833 bits per heavy atom. The minimum Gasteiger partial charge on any atom is -0.508 e. The molecule has 7 aromatic rings. The maximum atomic E-state index is 17.0. The van der Waals surface area contributed by atoms with Gasteiger partial charge in [0, 0.05) is 86.6 Å². The van der Waals surface area contributed by atoms with Crippen LogP contribution in [0.2, 0.25) is 5.02 Å². The van der Waals surface area contributed by atoms with Gasteiger partial charge >= 0.3 is 6.03 Å². The van der Waals surface area contributed by atoms with Gasteiger partial charge in [0.05, 0.1) is 49.2 Å². The number of nitrogens with one attached hydrogen (secondary N) is 3. The summed E-state index contributed by atoms with van der Waals surface area (Å²) in [5.41, 5.74) is 7.85. The van der Waals surface area contributed by atoms with E-state index in [1.54, 1.807) is 42.5 Å². The number of fused-ring (bicyclic) bond motifs is 3. The molecule has 1 aliphatic carbocycles. The molecule has 0 bridgehead atoms. The van der Waals surface area contributed by atoms with Crippen LogP contribution in [-0.4, -0.2) is 164 Å². The number of hydrogen-bond donors (Lipinski definition) is 5. The molecule has 0 radical (unpaired) electrons. The second-order valence-corrected chi connectivity index (χ2v) is 23.0. The molecule has 3 fully saturated rings. The van der Waals surface area contributed by atoms with E-state index in [2.05, 4.69) is 32.4 Å². The number of piperazine rings is 1. The van der Waals surface area contributed by atoms with Crippen molar-refractivity contribution in [3.05, 3.63) is 100 Å². The molecule has 1 saturated carbocycles. The Hall–Kier alpha value is -7.43. The predicted octanol–water partition coefficient (Wildman–Crippen LogP) is 9.13. The highest BCUT2D eigenvalue weighted by Crippen LogP contribution is 2.44. The molecule has 0 spiro atoms. The maximum absolute atomic E-state index is 17.0. The molecule has 2 saturated heterocycles. The molecular formula is C62H73ClFN11O8S. The van der Waals surface area contributed by atoms with E-state index < -0.39 is 23.9 Å². The number of primary amides is 1. The van der Waals surface area contributed by atoms with Gasteiger partial charge in [-0.3, -0.25) is 14.4 Å². The fraction of sp³-hybridized carbons (Fsp3) is 0.435. The Morgan fingerprint density at radius 3 is 2.32 bits per heavy atom. The number of aromatic hydroxyl groups is 1. The summed E-state index contributed by atoms with van der Waals surface area (Å²) in [4.78, 5) is 74.2. The normalized spacial score (nSPS) is 16.5. The minimum atomic E-state index is -0.698. The number of thiazole rings is 1. The number of nitrogens with two attached hydrogens (primary N) is 1. The minimum absolute atomic E-state index is 0.00212. The number of benzene rings is 5. The zero-order valence-corrected chi connectivity index (χ0v) is 49.3. The van der Waals surface area contributed by atoms with Gasteiger partial charge in [0.1, 0.15) is 40.5 Å². The average Bonchev–Trinajstić information content (AvgIpc) is 2.78. The van der Waals surface area contributed by atoms with E-state index in [0.29, 0.717) is 99.8 Å². The van der Waals surface area contributed by atoms with Crippen LogP contribution in [0.15, 0.2) is 84.2 Å². The lowest BCUT2D eigenvalue weighted by atomic mass is 9.83. The molecule has 22 heteroatoms. The van der Waals surface area contributed by atoms with Crippen molar-refractivity contribution in [2.75, 3.05) is 103 Å². The Labute approximate surface area is 497 Å². The largest absolute Gasteiger partial charge is 0.508 e. The number of likely N-dealkylation sites (N-methyl/N-ethyl adjacent to an activating group) is 2. The molecule has 6 N–H and O–H groups in total. The van der Waals surface area contributed by atoms with Crippen LogP contribution in [0.3, 0.4) is 0 Å². The number of nitrogens with zero attached hydrogens (tertiary/aromatic N) is 7. The molecule has 3 atom stereocenters. The highest BCUT2D eigenvalue weighted by molar-refractivity contribution is 7.10. The van der Waals surface area contributed by atoms with Crippen LogP contribution >= 0.6 is 22.9 Å². The third-order valence-corrected chi connectivity index (χ3v) is 17.6. The Kier molecular flexibility index (Phi) is 19.6. The van der Waals surface area contributed by atoms with Gasteiger partial charge in [0.15, 0.2) is 5.82 Å². The van der Waals surface area contributed by atoms with Gasteiger partial charge < -0.3 is 60.6 Å². The third-order valence-electron chi connectivity index (χ3n) is 16.4. The third kappa shape index (κ3) is 13.6. The van der Waals surface area contributed by atoms with Crippen molar-refractivity contribution in [3.8, 4) is 33.9 Å². The zero-order chi connectivity index (χ0) is 58.9. The van der Waals surface area contributed by atoms with Gasteiger partial charge in [-0.2, -0.15) is 4.98 Å². The van der Waals surface area contributed by atoms with Crippen LogP contribution in [-0.2, 0) is 23.9 Å². The van der Waals surface area contributed by atoms with E-state index in [9.17, 15) is 24.3 Å². The smallest absolute Gasteiger partial charge is 0.314 e. The first-order valence-corrected chi connectivity index (χ1v) is 30.3. The van der Waals surface area contributed by atoms with Gasteiger partial charge in [0.2, 0.25) is 23.7 Å². The van der Waals surface area contributed by atoms with Gasteiger partial charge in [-0.1, -0.05) is 79.4 Å². The maximum Gasteiger partial charge on any atom is 0.314 e. The Bertz CT molecular complexity index is 3510. The number of amides is 5. The van der Waals surface area contributed by atoms with Crippen LogP contribution in [0.1, 0.15) is 69.3 Å². The van der Waals surface area contributed by atoms with Gasteiger partial charge in [-0.15, -0.1) is 11.3 Å². The van der Waals surface area contributed by atoms with E-state index in [0.717, 1.165) is 77.7 Å². The molecule has 5 amide bonds. The summed E-state index contributed by atoms with van der Waals surface area (Å²) in [6.07, 6.45) is 6.94. The van der Waals surface area contributed by atoms with Crippen LogP contribution in [0.4, 0.5) is 21.0 Å². The SMILES string of the molecule is CN[C@@H](C)C(=O)N[C@H](C(=O)N1CCC[C@H]1c1nc(-c2ccc(OCCOCCOCCN(C)C(=O)CCNc3nc(N4CCN(C(N)=O)CC4)c4cc(Cl)c(-c5cc(O)cc6ccccc56)c(F)c4n3)c3ccccc23)cs1)C1CCCCC1. The molecular weight excluding hydrogens is 1110 g/mol. The summed E-state index contributed by atoms with van der Waals surface area (Å²) in [6.45, 7) is 5.97. The second kappa shape index (κ2) is 27.5. The fourth-order valence-electron chi connectivity index (χ4n) is 11.6. The molecule has 5 aromatic carbocycles. The first-order valence-electron chi connectivity index (χ1n) is 29.0. The monoisotopic (exact) mass is 1190 g/mol. The molecule has 444 valence electrons. The number of halogens is 2. The highest BCUT2D eigenvalue weighted by Gasteiger charge is 2.40.